The van der Waals surface area contributed by atoms with Crippen molar-refractivity contribution < 1.29 is 17.9 Å². The molecule has 1 aromatic heterocycles. The molecule has 0 spiro atoms. The van der Waals surface area contributed by atoms with Gasteiger partial charge in [-0.3, -0.25) is 0 Å². The molecule has 0 aliphatic carbocycles. The zero-order valence-electron chi connectivity index (χ0n) is 15.1. The first kappa shape index (κ1) is 18.8. The molecule has 8 nitrogen and oxygen atoms in total. The number of rotatable bonds is 7. The van der Waals surface area contributed by atoms with E-state index in [0.717, 1.165) is 42.7 Å². The van der Waals surface area contributed by atoms with Crippen LogP contribution in [0.4, 0.5) is 0 Å². The van der Waals surface area contributed by atoms with Gasteiger partial charge in [-0.2, -0.15) is 9.29 Å². The smallest absolute Gasteiger partial charge is 0.316 e. The van der Waals surface area contributed by atoms with Crippen LogP contribution in [0.25, 0.3) is 10.9 Å². The second-order valence-corrected chi connectivity index (χ2v) is 8.27. The maximum atomic E-state index is 11.5. The number of fused-ring (bicyclic) bond motifs is 1. The molecule has 0 bridgehead atoms. The lowest BCUT2D eigenvalue weighted by Crippen LogP contribution is -2.48. The van der Waals surface area contributed by atoms with Gasteiger partial charge in [-0.25, -0.2) is 13.4 Å². The van der Waals surface area contributed by atoms with E-state index in [9.17, 15) is 8.42 Å². The molecule has 142 valence electrons. The highest BCUT2D eigenvalue weighted by atomic mass is 32.2. The van der Waals surface area contributed by atoms with Crippen LogP contribution in [0, 0.1) is 0 Å². The Hall–Kier alpha value is -1.97. The second-order valence-electron chi connectivity index (χ2n) is 6.28. The number of aromatic nitrogens is 2. The average Bonchev–Trinajstić information content (AvgIpc) is 2.64. The van der Waals surface area contributed by atoms with Crippen LogP contribution in [0.2, 0.25) is 0 Å². The van der Waals surface area contributed by atoms with Gasteiger partial charge in [-0.1, -0.05) is 0 Å². The van der Waals surface area contributed by atoms with Crippen molar-refractivity contribution in [2.45, 2.75) is 6.42 Å². The largest absolute Gasteiger partial charge is 0.493 e. The molecule has 1 aromatic carbocycles. The lowest BCUT2D eigenvalue weighted by molar-refractivity contribution is 0.175. The van der Waals surface area contributed by atoms with E-state index in [1.165, 1.54) is 17.7 Å². The highest BCUT2D eigenvalue weighted by Gasteiger charge is 2.22. The normalized spacial score (nSPS) is 16.7. The van der Waals surface area contributed by atoms with Gasteiger partial charge >= 0.3 is 6.01 Å². The van der Waals surface area contributed by atoms with Gasteiger partial charge in [0.1, 0.15) is 5.75 Å². The predicted octanol–water partition coefficient (Wildman–Crippen LogP) is 0.984. The van der Waals surface area contributed by atoms with E-state index < -0.39 is 10.0 Å². The fourth-order valence-electron chi connectivity index (χ4n) is 2.94. The molecule has 0 unspecified atom stereocenters. The SMILES string of the molecule is COc1ncc2ccc(OCCCN3CCN(S(C)(=O)=O)CC3)cc2n1. The number of benzene rings is 1. The first-order valence-electron chi connectivity index (χ1n) is 8.57. The first-order chi connectivity index (χ1) is 12.5. The Balaban J connectivity index is 1.45. The first-order valence-corrected chi connectivity index (χ1v) is 10.4. The molecule has 26 heavy (non-hydrogen) atoms. The van der Waals surface area contributed by atoms with Gasteiger partial charge in [0, 0.05) is 50.4 Å². The quantitative estimate of drug-likeness (QED) is 0.662. The van der Waals surface area contributed by atoms with E-state index in [-0.39, 0.29) is 0 Å². The number of nitrogens with zero attached hydrogens (tertiary/aromatic N) is 4. The molecule has 0 N–H and O–H groups in total. The summed E-state index contributed by atoms with van der Waals surface area (Å²) in [6.45, 7) is 4.14. The third-order valence-electron chi connectivity index (χ3n) is 4.40. The van der Waals surface area contributed by atoms with Crippen molar-refractivity contribution in [3.05, 3.63) is 24.4 Å². The Morgan fingerprint density at radius 2 is 1.96 bits per heavy atom. The molecular formula is C17H24N4O4S. The van der Waals surface area contributed by atoms with Crippen LogP contribution in [0.1, 0.15) is 6.42 Å². The van der Waals surface area contributed by atoms with Crippen LogP contribution >= 0.6 is 0 Å². The molecule has 1 aliphatic heterocycles. The molecule has 0 atom stereocenters. The summed E-state index contributed by atoms with van der Waals surface area (Å²) < 4.78 is 35.4. The number of piperazine rings is 1. The summed E-state index contributed by atoms with van der Waals surface area (Å²) in [5.74, 6) is 0.764. The molecule has 0 amide bonds. The maximum absolute atomic E-state index is 11.5. The highest BCUT2D eigenvalue weighted by Crippen LogP contribution is 2.20. The zero-order chi connectivity index (χ0) is 18.6. The van der Waals surface area contributed by atoms with E-state index in [4.69, 9.17) is 9.47 Å². The molecular weight excluding hydrogens is 356 g/mol. The Morgan fingerprint density at radius 1 is 1.19 bits per heavy atom. The van der Waals surface area contributed by atoms with Crippen LogP contribution in [-0.2, 0) is 10.0 Å². The maximum Gasteiger partial charge on any atom is 0.316 e. The second kappa shape index (κ2) is 8.15. The van der Waals surface area contributed by atoms with E-state index in [1.807, 2.05) is 18.2 Å². The van der Waals surface area contributed by atoms with Gasteiger partial charge in [0.05, 0.1) is 25.5 Å². The van der Waals surface area contributed by atoms with E-state index in [2.05, 4.69) is 14.9 Å². The van der Waals surface area contributed by atoms with Crippen molar-refractivity contribution in [3.63, 3.8) is 0 Å². The van der Waals surface area contributed by atoms with Gasteiger partial charge in [0.25, 0.3) is 0 Å². The standard InChI is InChI=1S/C17H24N4O4S/c1-24-17-18-13-14-4-5-15(12-16(14)19-17)25-11-3-6-20-7-9-21(10-8-20)26(2,22)23/h4-5,12-13H,3,6-11H2,1-2H3. The van der Waals surface area contributed by atoms with Crippen molar-refractivity contribution >= 4 is 20.9 Å². The van der Waals surface area contributed by atoms with Crippen molar-refractivity contribution in [2.75, 3.05) is 52.7 Å². The molecule has 2 heterocycles. The van der Waals surface area contributed by atoms with E-state index in [1.54, 1.807) is 6.20 Å². The minimum atomic E-state index is -3.07. The van der Waals surface area contributed by atoms with Crippen molar-refractivity contribution in [3.8, 4) is 11.8 Å². The minimum absolute atomic E-state index is 0.336. The minimum Gasteiger partial charge on any atom is -0.493 e. The third kappa shape index (κ3) is 4.80. The van der Waals surface area contributed by atoms with Gasteiger partial charge in [-0.05, 0) is 18.6 Å². The van der Waals surface area contributed by atoms with Crippen LogP contribution in [-0.4, -0.2) is 80.3 Å². The molecule has 0 radical (unpaired) electrons. The van der Waals surface area contributed by atoms with Crippen LogP contribution in [0.5, 0.6) is 11.8 Å². The molecule has 9 heteroatoms. The Kier molecular flexibility index (Phi) is 5.90. The molecule has 1 saturated heterocycles. The molecule has 3 rings (SSSR count). The fourth-order valence-corrected chi connectivity index (χ4v) is 3.76. The molecule has 1 fully saturated rings. The monoisotopic (exact) mass is 380 g/mol. The predicted molar refractivity (Wildman–Crippen MR) is 99.1 cm³/mol. The summed E-state index contributed by atoms with van der Waals surface area (Å²) >= 11 is 0. The number of hydrogen-bond acceptors (Lipinski definition) is 7. The third-order valence-corrected chi connectivity index (χ3v) is 5.71. The summed E-state index contributed by atoms with van der Waals surface area (Å²) in [7, 11) is -1.53. The molecule has 1 aliphatic rings. The van der Waals surface area contributed by atoms with Crippen LogP contribution in [0.3, 0.4) is 0 Å². The fraction of sp³-hybridized carbons (Fsp3) is 0.529. The summed E-state index contributed by atoms with van der Waals surface area (Å²) in [4.78, 5) is 10.7. The van der Waals surface area contributed by atoms with Gasteiger partial charge in [-0.15, -0.1) is 0 Å². The molecule has 0 saturated carbocycles. The lowest BCUT2D eigenvalue weighted by atomic mass is 10.2. The Labute approximate surface area is 153 Å². The van der Waals surface area contributed by atoms with Crippen molar-refractivity contribution in [1.82, 2.24) is 19.2 Å². The number of hydrogen-bond donors (Lipinski definition) is 0. The number of ether oxygens (including phenoxy) is 2. The van der Waals surface area contributed by atoms with Gasteiger partial charge in [0.15, 0.2) is 0 Å². The summed E-state index contributed by atoms with van der Waals surface area (Å²) in [6, 6.07) is 6.05. The Morgan fingerprint density at radius 3 is 2.65 bits per heavy atom. The van der Waals surface area contributed by atoms with Crippen molar-refractivity contribution in [1.29, 1.82) is 0 Å². The van der Waals surface area contributed by atoms with Crippen molar-refractivity contribution in [2.24, 2.45) is 0 Å². The van der Waals surface area contributed by atoms with E-state index >= 15 is 0 Å². The van der Waals surface area contributed by atoms with Crippen LogP contribution in [0.15, 0.2) is 24.4 Å². The Bertz CT molecular complexity index is 851. The summed E-state index contributed by atoms with van der Waals surface area (Å²) in [6.07, 6.45) is 3.87. The summed E-state index contributed by atoms with van der Waals surface area (Å²) in [5, 5.41) is 0.932. The lowest BCUT2D eigenvalue weighted by Gasteiger charge is -2.33. The summed E-state index contributed by atoms with van der Waals surface area (Å²) in [5.41, 5.74) is 0.784. The average molecular weight is 380 g/mol. The van der Waals surface area contributed by atoms with Gasteiger partial charge in [0.2, 0.25) is 10.0 Å². The van der Waals surface area contributed by atoms with Gasteiger partial charge < -0.3 is 14.4 Å². The highest BCUT2D eigenvalue weighted by molar-refractivity contribution is 7.88. The zero-order valence-corrected chi connectivity index (χ0v) is 15.9. The molecule has 2 aromatic rings. The van der Waals surface area contributed by atoms with E-state index in [0.29, 0.717) is 25.7 Å². The number of sulfonamides is 1. The topological polar surface area (TPSA) is 84.9 Å². The van der Waals surface area contributed by atoms with Crippen LogP contribution < -0.4 is 9.47 Å². The number of methoxy groups -OCH3 is 1.